The van der Waals surface area contributed by atoms with Crippen LogP contribution >= 0.6 is 27.5 Å². The zero-order valence-corrected chi connectivity index (χ0v) is 20.9. The van der Waals surface area contributed by atoms with Gasteiger partial charge in [-0.15, -0.1) is 0 Å². The minimum absolute atomic E-state index is 0.00965. The third-order valence-electron chi connectivity index (χ3n) is 6.18. The second-order valence-electron chi connectivity index (χ2n) is 8.23. The number of likely N-dealkylation sites (tertiary alicyclic amines) is 2. The van der Waals surface area contributed by atoms with Crippen molar-refractivity contribution < 1.29 is 24.2 Å². The fourth-order valence-electron chi connectivity index (χ4n) is 4.41. The number of carbonyl (C=O) groups is 2. The molecule has 3 rings (SSSR count). The molecular formula is C22H31BrClN3O5. The molecule has 8 nitrogen and oxygen atoms in total. The van der Waals surface area contributed by atoms with E-state index < -0.39 is 5.91 Å². The lowest BCUT2D eigenvalue weighted by Gasteiger charge is -2.38. The summed E-state index contributed by atoms with van der Waals surface area (Å²) in [6, 6.07) is 1.26. The Balaban J connectivity index is 1.55. The molecule has 2 atom stereocenters. The Bertz CT molecular complexity index is 834. The van der Waals surface area contributed by atoms with Crippen molar-refractivity contribution in [1.82, 2.24) is 15.1 Å². The van der Waals surface area contributed by atoms with Crippen LogP contribution in [0.5, 0.6) is 11.5 Å². The quantitative estimate of drug-likeness (QED) is 0.535. The van der Waals surface area contributed by atoms with Gasteiger partial charge >= 0.3 is 0 Å². The van der Waals surface area contributed by atoms with E-state index in [1.165, 1.54) is 13.2 Å². The molecule has 2 heterocycles. The number of benzene rings is 1. The zero-order chi connectivity index (χ0) is 23.3. The van der Waals surface area contributed by atoms with Gasteiger partial charge in [0, 0.05) is 39.7 Å². The standard InChI is InChI=1S/C22H31BrClN3O5/c1-31-17-13-26(8-5-6-18(28)27-9-3-4-10-27)11-7-16(17)25-22(30)19-20(29)14(23)12-15(24)21(19)32-2/h12,16-17,29H,3-11,13H2,1-2H3,(H,25,30)/t16-,17+/m0/s1. The molecule has 0 saturated carbocycles. The molecule has 2 fully saturated rings. The van der Waals surface area contributed by atoms with E-state index in [1.54, 1.807) is 7.11 Å². The number of methoxy groups -OCH3 is 2. The Labute approximate surface area is 202 Å². The van der Waals surface area contributed by atoms with Crippen molar-refractivity contribution in [3.8, 4) is 11.5 Å². The van der Waals surface area contributed by atoms with Crippen LogP contribution in [0, 0.1) is 0 Å². The number of hydrogen-bond acceptors (Lipinski definition) is 6. The van der Waals surface area contributed by atoms with E-state index >= 15 is 0 Å². The van der Waals surface area contributed by atoms with Gasteiger partial charge in [-0.05, 0) is 54.2 Å². The predicted molar refractivity (Wildman–Crippen MR) is 126 cm³/mol. The van der Waals surface area contributed by atoms with Gasteiger partial charge in [-0.25, -0.2) is 0 Å². The maximum atomic E-state index is 13.0. The van der Waals surface area contributed by atoms with Crippen LogP contribution in [-0.2, 0) is 9.53 Å². The van der Waals surface area contributed by atoms with Crippen molar-refractivity contribution in [3.05, 3.63) is 21.1 Å². The Morgan fingerprint density at radius 3 is 2.66 bits per heavy atom. The van der Waals surface area contributed by atoms with E-state index in [0.717, 1.165) is 45.4 Å². The largest absolute Gasteiger partial charge is 0.506 e. The summed E-state index contributed by atoms with van der Waals surface area (Å²) in [5.41, 5.74) is -0.00965. The first-order chi connectivity index (χ1) is 15.3. The number of amides is 2. The fourth-order valence-corrected chi connectivity index (χ4v) is 5.25. The molecular weight excluding hydrogens is 502 g/mol. The predicted octanol–water partition coefficient (Wildman–Crippen LogP) is 3.04. The van der Waals surface area contributed by atoms with E-state index in [9.17, 15) is 14.7 Å². The molecule has 2 N–H and O–H groups in total. The van der Waals surface area contributed by atoms with Gasteiger partial charge in [0.05, 0.1) is 28.8 Å². The first kappa shape index (κ1) is 25.1. The van der Waals surface area contributed by atoms with Crippen LogP contribution in [0.2, 0.25) is 5.02 Å². The van der Waals surface area contributed by atoms with Gasteiger partial charge in [-0.2, -0.15) is 0 Å². The Morgan fingerprint density at radius 2 is 2.00 bits per heavy atom. The molecule has 10 heteroatoms. The smallest absolute Gasteiger partial charge is 0.259 e. The van der Waals surface area contributed by atoms with Gasteiger partial charge in [-0.1, -0.05) is 11.6 Å². The monoisotopic (exact) mass is 531 g/mol. The number of ether oxygens (including phenoxy) is 2. The fraction of sp³-hybridized carbons (Fsp3) is 0.636. The first-order valence-corrected chi connectivity index (χ1v) is 12.1. The second kappa shape index (κ2) is 11.5. The van der Waals surface area contributed by atoms with E-state index in [4.69, 9.17) is 21.1 Å². The number of nitrogens with zero attached hydrogens (tertiary/aromatic N) is 2. The van der Waals surface area contributed by atoms with E-state index in [2.05, 4.69) is 26.1 Å². The summed E-state index contributed by atoms with van der Waals surface area (Å²) in [5, 5.41) is 13.6. The highest BCUT2D eigenvalue weighted by atomic mass is 79.9. The van der Waals surface area contributed by atoms with Crippen LogP contribution in [0.25, 0.3) is 0 Å². The highest BCUT2D eigenvalue weighted by Gasteiger charge is 2.32. The first-order valence-electron chi connectivity index (χ1n) is 10.9. The van der Waals surface area contributed by atoms with Crippen LogP contribution in [0.4, 0.5) is 0 Å². The van der Waals surface area contributed by atoms with Crippen LogP contribution in [0.15, 0.2) is 10.5 Å². The van der Waals surface area contributed by atoms with Crippen molar-refractivity contribution >= 4 is 39.3 Å². The zero-order valence-electron chi connectivity index (χ0n) is 18.5. The van der Waals surface area contributed by atoms with Crippen molar-refractivity contribution in [2.45, 2.75) is 44.2 Å². The Morgan fingerprint density at radius 1 is 1.28 bits per heavy atom. The molecule has 0 aromatic heterocycles. The normalized spacial score (nSPS) is 21.6. The lowest BCUT2D eigenvalue weighted by Crippen LogP contribution is -2.55. The van der Waals surface area contributed by atoms with Gasteiger partial charge in [0.1, 0.15) is 11.3 Å². The number of aromatic hydroxyl groups is 1. The molecule has 1 aromatic rings. The Hall–Kier alpha value is -1.55. The van der Waals surface area contributed by atoms with Crippen molar-refractivity contribution in [2.75, 3.05) is 46.9 Å². The van der Waals surface area contributed by atoms with Crippen LogP contribution < -0.4 is 10.1 Å². The second-order valence-corrected chi connectivity index (χ2v) is 9.49. The number of phenolic OH excluding ortho intramolecular Hbond substituents is 1. The Kier molecular flexibility index (Phi) is 9.04. The number of phenols is 1. The molecule has 32 heavy (non-hydrogen) atoms. The summed E-state index contributed by atoms with van der Waals surface area (Å²) < 4.78 is 11.2. The van der Waals surface area contributed by atoms with Crippen LogP contribution in [0.3, 0.4) is 0 Å². The summed E-state index contributed by atoms with van der Waals surface area (Å²) in [7, 11) is 3.02. The minimum Gasteiger partial charge on any atom is -0.506 e. The third kappa shape index (κ3) is 5.87. The molecule has 1 aromatic carbocycles. The SMILES string of the molecule is COc1c(Cl)cc(Br)c(O)c1C(=O)N[C@H]1CCN(CCCC(=O)N2CCCC2)C[C@H]1OC. The van der Waals surface area contributed by atoms with Gasteiger partial charge in [0.25, 0.3) is 5.91 Å². The van der Waals surface area contributed by atoms with Crippen LogP contribution in [0.1, 0.15) is 42.5 Å². The molecule has 0 unspecified atom stereocenters. The molecule has 0 bridgehead atoms. The summed E-state index contributed by atoms with van der Waals surface area (Å²) in [6.07, 6.45) is 4.07. The van der Waals surface area contributed by atoms with Crippen molar-refractivity contribution in [3.63, 3.8) is 0 Å². The van der Waals surface area contributed by atoms with E-state index in [-0.39, 0.29) is 40.1 Å². The summed E-state index contributed by atoms with van der Waals surface area (Å²) in [4.78, 5) is 29.4. The maximum Gasteiger partial charge on any atom is 0.259 e. The topological polar surface area (TPSA) is 91.3 Å². The number of rotatable bonds is 8. The molecule has 0 radical (unpaired) electrons. The molecule has 2 aliphatic rings. The number of halogens is 2. The maximum absolute atomic E-state index is 13.0. The average molecular weight is 533 g/mol. The van der Waals surface area contributed by atoms with E-state index in [0.29, 0.717) is 23.9 Å². The molecule has 2 aliphatic heterocycles. The molecule has 0 aliphatic carbocycles. The molecule has 178 valence electrons. The lowest BCUT2D eigenvalue weighted by atomic mass is 10.00. The average Bonchev–Trinajstić information content (AvgIpc) is 3.31. The summed E-state index contributed by atoms with van der Waals surface area (Å²) >= 11 is 9.39. The van der Waals surface area contributed by atoms with Gasteiger partial charge in [-0.3, -0.25) is 9.59 Å². The minimum atomic E-state index is -0.473. The third-order valence-corrected chi connectivity index (χ3v) is 7.06. The van der Waals surface area contributed by atoms with Crippen LogP contribution in [-0.4, -0.2) is 85.8 Å². The molecule has 2 saturated heterocycles. The van der Waals surface area contributed by atoms with Gasteiger partial charge in [0.2, 0.25) is 5.91 Å². The number of hydrogen-bond donors (Lipinski definition) is 2. The highest BCUT2D eigenvalue weighted by Crippen LogP contribution is 2.40. The highest BCUT2D eigenvalue weighted by molar-refractivity contribution is 9.10. The summed E-state index contributed by atoms with van der Waals surface area (Å²) in [5.74, 6) is -0.328. The summed E-state index contributed by atoms with van der Waals surface area (Å²) in [6.45, 7) is 4.03. The molecule has 2 amide bonds. The number of piperidine rings is 1. The lowest BCUT2D eigenvalue weighted by molar-refractivity contribution is -0.130. The van der Waals surface area contributed by atoms with E-state index in [1.807, 2.05) is 4.90 Å². The van der Waals surface area contributed by atoms with Gasteiger partial charge in [0.15, 0.2) is 5.75 Å². The van der Waals surface area contributed by atoms with Crippen molar-refractivity contribution in [2.24, 2.45) is 0 Å². The number of carbonyl (C=O) groups excluding carboxylic acids is 2. The number of nitrogens with one attached hydrogen (secondary N) is 1. The van der Waals surface area contributed by atoms with Gasteiger partial charge < -0.3 is 29.7 Å². The molecule has 0 spiro atoms. The van der Waals surface area contributed by atoms with Crippen molar-refractivity contribution in [1.29, 1.82) is 0 Å².